The van der Waals surface area contributed by atoms with Crippen molar-refractivity contribution in [2.45, 2.75) is 193 Å². The van der Waals surface area contributed by atoms with Crippen LogP contribution in [0, 0.1) is 5.92 Å². The van der Waals surface area contributed by atoms with Crippen LogP contribution in [0.2, 0.25) is 0 Å². The molecular formula is C82H102N14O11. The van der Waals surface area contributed by atoms with Crippen molar-refractivity contribution in [3.63, 3.8) is 0 Å². The van der Waals surface area contributed by atoms with E-state index in [1.807, 2.05) is 64.8 Å². The van der Waals surface area contributed by atoms with Gasteiger partial charge in [-0.05, 0) is 197 Å². The number of benzene rings is 5. The molecule has 5 atom stereocenters. The SMILES string of the molecule is COC(=O)N1c2ccc3c(nc(CCn4cccn4)n3CC(=O)NCC(=O)N3CCCC3)c2CC[C@@H]1C.COC(=O)N1c2ccc3c(nc(Cc4ccc(OC)c(OC)c4)n3C3CCC(C(C)=O)CC3)c2CC[C@@H]1C.COC(=O)N1c2ccc3c(nc(Cc4ccccc4)n3[C@H]3CCN[C@H](C)C3)c2CC[C@@H]1C. The number of hydrogen-bond donors (Lipinski definition) is 2. The maximum Gasteiger partial charge on any atom is 0.414 e. The predicted octanol–water partition coefficient (Wildman–Crippen LogP) is 12.8. The number of piperidine rings is 1. The molecule has 2 N–H and O–H groups in total. The van der Waals surface area contributed by atoms with Gasteiger partial charge < -0.3 is 52.9 Å². The van der Waals surface area contributed by atoms with E-state index >= 15 is 0 Å². The molecule has 566 valence electrons. The zero-order chi connectivity index (χ0) is 75.2. The Hall–Kier alpha value is -10.3. The molecule has 15 rings (SSSR count). The molecule has 25 heteroatoms. The number of rotatable bonds is 16. The number of hydrogen-bond acceptors (Lipinski definition) is 16. The summed E-state index contributed by atoms with van der Waals surface area (Å²) in [7, 11) is 7.54. The van der Waals surface area contributed by atoms with E-state index in [1.54, 1.807) is 46.9 Å². The number of carbonyl (C=O) groups is 6. The van der Waals surface area contributed by atoms with Crippen molar-refractivity contribution in [3.05, 3.63) is 149 Å². The highest BCUT2D eigenvalue weighted by molar-refractivity contribution is 5.98. The Labute approximate surface area is 625 Å². The normalized spacial score (nSPS) is 20.4. The van der Waals surface area contributed by atoms with Gasteiger partial charge in [0.05, 0.1) is 92.3 Å². The third-order valence-corrected chi connectivity index (χ3v) is 22.7. The number of ether oxygens (including phenoxy) is 5. The van der Waals surface area contributed by atoms with Gasteiger partial charge in [0.25, 0.3) is 0 Å². The number of carbonyl (C=O) groups excluding carboxylic acids is 6. The number of methoxy groups -OCH3 is 5. The zero-order valence-corrected chi connectivity index (χ0v) is 63.5. The summed E-state index contributed by atoms with van der Waals surface area (Å²) in [5.74, 6) is 4.38. The molecule has 25 nitrogen and oxygen atoms in total. The van der Waals surface area contributed by atoms with E-state index in [4.69, 9.17) is 38.6 Å². The Morgan fingerprint density at radius 1 is 0.551 bits per heavy atom. The Kier molecular flexibility index (Phi) is 23.3. The van der Waals surface area contributed by atoms with Gasteiger partial charge in [-0.1, -0.05) is 36.4 Å². The van der Waals surface area contributed by atoms with E-state index in [2.05, 4.69) is 94.2 Å². The number of anilines is 3. The number of Topliss-reactive ketones (excluding diaryl/α,β-unsaturated/α-hetero) is 1. The summed E-state index contributed by atoms with van der Waals surface area (Å²) in [5.41, 5.74) is 14.1. The highest BCUT2D eigenvalue weighted by atomic mass is 16.6. The first-order valence-corrected chi connectivity index (χ1v) is 38.1. The van der Waals surface area contributed by atoms with E-state index < -0.39 is 6.09 Å². The molecule has 1 aliphatic carbocycles. The number of amides is 5. The number of likely N-dealkylation sites (tertiary alicyclic amines) is 1. The molecule has 0 bridgehead atoms. The molecule has 0 unspecified atom stereocenters. The van der Waals surface area contributed by atoms with Gasteiger partial charge in [0.15, 0.2) is 11.5 Å². The lowest BCUT2D eigenvalue weighted by molar-refractivity contribution is -0.132. The first kappa shape index (κ1) is 75.0. The second-order valence-corrected chi connectivity index (χ2v) is 29.4. The van der Waals surface area contributed by atoms with Crippen LogP contribution in [0.15, 0.2) is 103 Å². The molecule has 0 spiro atoms. The Morgan fingerprint density at radius 3 is 1.59 bits per heavy atom. The van der Waals surface area contributed by atoms with Gasteiger partial charge in [-0.2, -0.15) is 5.10 Å². The molecule has 107 heavy (non-hydrogen) atoms. The van der Waals surface area contributed by atoms with Gasteiger partial charge >= 0.3 is 18.3 Å². The van der Waals surface area contributed by atoms with Crippen molar-refractivity contribution in [1.29, 1.82) is 0 Å². The summed E-state index contributed by atoms with van der Waals surface area (Å²) < 4.78 is 34.9. The minimum absolute atomic E-state index is 0.00450. The molecule has 4 aromatic heterocycles. The second-order valence-electron chi connectivity index (χ2n) is 29.4. The minimum atomic E-state index is -0.395. The number of ketones is 1. The quantitative estimate of drug-likeness (QED) is 0.0852. The number of nitrogens with zero attached hydrogens (tertiary/aromatic N) is 12. The van der Waals surface area contributed by atoms with E-state index in [0.717, 1.165) is 195 Å². The summed E-state index contributed by atoms with van der Waals surface area (Å²) >= 11 is 0. The molecular weight excluding hydrogens is 1360 g/mol. The first-order valence-electron chi connectivity index (χ1n) is 38.1. The van der Waals surface area contributed by atoms with Crippen LogP contribution < -0.4 is 34.8 Å². The fraction of sp³-hybridized carbons (Fsp3) is 0.488. The number of aryl methyl sites for hydroxylation is 5. The largest absolute Gasteiger partial charge is 0.493 e. The molecule has 5 aromatic carbocycles. The number of aromatic nitrogens is 8. The molecule has 9 aromatic rings. The highest BCUT2D eigenvalue weighted by Crippen LogP contribution is 2.44. The summed E-state index contributed by atoms with van der Waals surface area (Å²) in [4.78, 5) is 97.6. The van der Waals surface area contributed by atoms with E-state index in [1.165, 1.54) is 38.0 Å². The third-order valence-electron chi connectivity index (χ3n) is 22.7. The summed E-state index contributed by atoms with van der Waals surface area (Å²) in [6.07, 6.45) is 17.6. The maximum atomic E-state index is 13.0. The van der Waals surface area contributed by atoms with Gasteiger partial charge in [-0.3, -0.25) is 33.8 Å². The topological polar surface area (TPSA) is 257 Å². The summed E-state index contributed by atoms with van der Waals surface area (Å²) in [6.45, 7) is 13.3. The van der Waals surface area contributed by atoms with E-state index in [9.17, 15) is 28.8 Å². The monoisotopic (exact) mass is 1460 g/mol. The van der Waals surface area contributed by atoms with Gasteiger partial charge in [-0.15, -0.1) is 0 Å². The Bertz CT molecular complexity index is 4700. The van der Waals surface area contributed by atoms with Gasteiger partial charge in [0.2, 0.25) is 11.8 Å². The van der Waals surface area contributed by atoms with Crippen molar-refractivity contribution in [3.8, 4) is 11.5 Å². The molecule has 1 saturated carbocycles. The van der Waals surface area contributed by atoms with Gasteiger partial charge in [0.1, 0.15) is 29.8 Å². The van der Waals surface area contributed by atoms with Crippen LogP contribution in [0.25, 0.3) is 33.1 Å². The molecule has 0 radical (unpaired) electrons. The fourth-order valence-electron chi connectivity index (χ4n) is 17.1. The van der Waals surface area contributed by atoms with Crippen LogP contribution in [0.5, 0.6) is 11.5 Å². The number of nitrogens with one attached hydrogen (secondary N) is 2. The lowest BCUT2D eigenvalue weighted by atomic mass is 9.83. The molecule has 9 heterocycles. The van der Waals surface area contributed by atoms with E-state index in [-0.39, 0.29) is 73.0 Å². The lowest BCUT2D eigenvalue weighted by Gasteiger charge is -2.34. The van der Waals surface area contributed by atoms with Crippen LogP contribution in [0.4, 0.5) is 31.4 Å². The third kappa shape index (κ3) is 15.8. The predicted molar refractivity (Wildman–Crippen MR) is 411 cm³/mol. The Balaban J connectivity index is 0.000000142. The minimum Gasteiger partial charge on any atom is -0.493 e. The van der Waals surface area contributed by atoms with Crippen LogP contribution in [0.3, 0.4) is 0 Å². The average molecular weight is 1460 g/mol. The fourth-order valence-corrected chi connectivity index (χ4v) is 17.1. The average Bonchev–Trinajstić information content (AvgIpc) is 1.65. The van der Waals surface area contributed by atoms with Crippen molar-refractivity contribution >= 4 is 86.0 Å². The van der Waals surface area contributed by atoms with Crippen LogP contribution in [-0.2, 0) is 80.2 Å². The molecule has 2 saturated heterocycles. The molecule has 5 aliphatic heterocycles. The first-order chi connectivity index (χ1) is 51.9. The smallest absolute Gasteiger partial charge is 0.414 e. The van der Waals surface area contributed by atoms with Crippen LogP contribution >= 0.6 is 0 Å². The van der Waals surface area contributed by atoms with E-state index in [0.29, 0.717) is 43.0 Å². The highest BCUT2D eigenvalue weighted by Gasteiger charge is 2.37. The van der Waals surface area contributed by atoms with Crippen molar-refractivity contribution in [2.24, 2.45) is 5.92 Å². The summed E-state index contributed by atoms with van der Waals surface area (Å²) in [6, 6.07) is 32.0. The van der Waals surface area contributed by atoms with Crippen LogP contribution in [0.1, 0.15) is 163 Å². The second kappa shape index (κ2) is 33.2. The van der Waals surface area contributed by atoms with Gasteiger partial charge in [-0.25, -0.2) is 29.3 Å². The van der Waals surface area contributed by atoms with Crippen LogP contribution in [-0.4, -0.2) is 165 Å². The number of fused-ring (bicyclic) bond motifs is 9. The molecule has 6 aliphatic rings. The number of imidazole rings is 3. The van der Waals surface area contributed by atoms with Crippen molar-refractivity contribution < 1.29 is 52.5 Å². The maximum absolute atomic E-state index is 13.0. The van der Waals surface area contributed by atoms with Crippen molar-refractivity contribution in [1.82, 2.24) is 54.0 Å². The Morgan fingerprint density at radius 2 is 1.07 bits per heavy atom. The van der Waals surface area contributed by atoms with Gasteiger partial charge in [0, 0.05) is 110 Å². The lowest BCUT2D eigenvalue weighted by Crippen LogP contribution is -2.42. The molecule has 3 fully saturated rings. The van der Waals surface area contributed by atoms with Crippen molar-refractivity contribution in [2.75, 3.05) is 76.4 Å². The molecule has 5 amide bonds. The standard InChI is InChI=1S/C30H37N3O5.C26H33N7O4.C26H32N4O2/c1-18-6-12-23-24(32(18)30(35)38-5)13-14-25-29(23)31-28(17-20-7-15-26(36-3)27(16-20)37-4)33(25)22-10-8-21(9-11-22)19(2)34;1-18-6-7-19-20(33(18)26(36)37-2)8-9-21-25(19)29-22(10-15-31-14-5-11-28-31)32(21)17-23(34)27-16-24(35)30-12-3-4-13-30;1-17-15-20(13-14-27-17)30-23-12-11-22-21(10-9-18(2)29(22)26(31)32-3)25(23)28-24(30)16-19-7-5-4-6-8-19/h7,13-16,18,21-22H,6,8-12,17H2,1-5H3;5,8-9,11,14,18H,3-4,6-7,10,12-13,15-17H2,1-2H3,(H,27,34);4-8,11-12,17-18,20,27H,9-10,13-16H2,1-3H3/t18-,21?,22?;18-;17-,18+,20+/m001/s1. The summed E-state index contributed by atoms with van der Waals surface area (Å²) in [5, 5.41) is 10.6. The zero-order valence-electron chi connectivity index (χ0n) is 63.5.